The van der Waals surface area contributed by atoms with Crippen LogP contribution in [-0.4, -0.2) is 17.5 Å². The second-order valence-electron chi connectivity index (χ2n) is 4.84. The summed E-state index contributed by atoms with van der Waals surface area (Å²) in [6, 6.07) is 10.8. The van der Waals surface area contributed by atoms with Crippen LogP contribution in [0.15, 0.2) is 46.9 Å². The Hall–Kier alpha value is -2.18. The summed E-state index contributed by atoms with van der Waals surface area (Å²) in [5.41, 5.74) is 3.51. The van der Waals surface area contributed by atoms with Crippen molar-refractivity contribution >= 4 is 46.2 Å². The second-order valence-corrected chi connectivity index (χ2v) is 6.28. The van der Waals surface area contributed by atoms with Crippen molar-refractivity contribution in [3.63, 3.8) is 0 Å². The zero-order valence-electron chi connectivity index (χ0n) is 12.5. The molecule has 0 bridgehead atoms. The Bertz CT molecular complexity index is 714. The number of anilines is 1. The van der Waals surface area contributed by atoms with E-state index in [1.54, 1.807) is 31.2 Å². The fourth-order valence-electron chi connectivity index (χ4n) is 1.80. The second kappa shape index (κ2) is 8.45. The lowest BCUT2D eigenvalue weighted by atomic mass is 10.2. The topological polar surface area (TPSA) is 70.6 Å². The molecule has 0 spiro atoms. The van der Waals surface area contributed by atoms with Crippen LogP contribution in [0.3, 0.4) is 0 Å². The number of carbonyl (C=O) groups is 2. The summed E-state index contributed by atoms with van der Waals surface area (Å²) >= 11 is 7.49. The molecular weight excluding hydrogens is 334 g/mol. The molecule has 0 aliphatic heterocycles. The van der Waals surface area contributed by atoms with Crippen molar-refractivity contribution in [2.75, 3.05) is 5.32 Å². The van der Waals surface area contributed by atoms with Crippen LogP contribution in [0.5, 0.6) is 0 Å². The van der Waals surface area contributed by atoms with Gasteiger partial charge in [-0.3, -0.25) is 9.59 Å². The molecule has 0 aliphatic carbocycles. The summed E-state index contributed by atoms with van der Waals surface area (Å²) in [6.07, 6.45) is 0.352. The summed E-state index contributed by atoms with van der Waals surface area (Å²) in [6.45, 7) is 1.68. The largest absolute Gasteiger partial charge is 0.324 e. The highest BCUT2D eigenvalue weighted by atomic mass is 35.5. The van der Waals surface area contributed by atoms with Crippen LogP contribution in [0.25, 0.3) is 0 Å². The molecule has 120 valence electrons. The van der Waals surface area contributed by atoms with Gasteiger partial charge in [0.2, 0.25) is 11.8 Å². The van der Waals surface area contributed by atoms with Gasteiger partial charge >= 0.3 is 0 Å². The number of rotatable bonds is 6. The molecule has 0 atom stereocenters. The van der Waals surface area contributed by atoms with Crippen molar-refractivity contribution in [3.05, 3.63) is 51.7 Å². The third-order valence-corrected chi connectivity index (χ3v) is 4.06. The zero-order chi connectivity index (χ0) is 16.7. The molecule has 0 radical (unpaired) electrons. The normalized spacial score (nSPS) is 11.1. The molecule has 0 fully saturated rings. The van der Waals surface area contributed by atoms with Crippen LogP contribution in [-0.2, 0) is 16.0 Å². The van der Waals surface area contributed by atoms with Gasteiger partial charge in [0.25, 0.3) is 0 Å². The number of amides is 2. The van der Waals surface area contributed by atoms with Crippen LogP contribution in [0.2, 0.25) is 5.02 Å². The standard InChI is InChI=1S/C16H16ClN3O2S/c1-11(19-20-16(22)10-12-5-4-8-23-12)9-15(21)18-14-7-3-2-6-13(14)17/h2-8H,9-10H2,1H3,(H,18,21)(H,20,22). The molecule has 1 aromatic carbocycles. The van der Waals surface area contributed by atoms with E-state index >= 15 is 0 Å². The lowest BCUT2D eigenvalue weighted by Gasteiger charge is -2.07. The van der Waals surface area contributed by atoms with Gasteiger partial charge in [-0.25, -0.2) is 5.43 Å². The molecule has 7 heteroatoms. The lowest BCUT2D eigenvalue weighted by molar-refractivity contribution is -0.120. The van der Waals surface area contributed by atoms with Crippen molar-refractivity contribution in [1.82, 2.24) is 5.43 Å². The van der Waals surface area contributed by atoms with Gasteiger partial charge in [-0.15, -0.1) is 11.3 Å². The summed E-state index contributed by atoms with van der Waals surface area (Å²) in [4.78, 5) is 24.6. The van der Waals surface area contributed by atoms with Gasteiger partial charge in [-0.05, 0) is 30.5 Å². The van der Waals surface area contributed by atoms with Gasteiger partial charge in [0.05, 0.1) is 23.6 Å². The maximum Gasteiger partial charge on any atom is 0.245 e. The van der Waals surface area contributed by atoms with Crippen molar-refractivity contribution in [1.29, 1.82) is 0 Å². The quantitative estimate of drug-likeness (QED) is 0.619. The fourth-order valence-corrected chi connectivity index (χ4v) is 2.68. The van der Waals surface area contributed by atoms with E-state index in [1.165, 1.54) is 11.3 Å². The minimum Gasteiger partial charge on any atom is -0.324 e. The number of benzene rings is 1. The number of hydrazone groups is 1. The SMILES string of the molecule is CC(CC(=O)Nc1ccccc1Cl)=NNC(=O)Cc1cccs1. The Morgan fingerprint density at radius 3 is 2.65 bits per heavy atom. The van der Waals surface area contributed by atoms with E-state index in [2.05, 4.69) is 15.8 Å². The van der Waals surface area contributed by atoms with Crippen LogP contribution < -0.4 is 10.7 Å². The van der Waals surface area contributed by atoms with E-state index in [0.29, 0.717) is 16.4 Å². The van der Waals surface area contributed by atoms with E-state index in [9.17, 15) is 9.59 Å². The molecule has 2 rings (SSSR count). The van der Waals surface area contributed by atoms with Crippen LogP contribution in [0.1, 0.15) is 18.2 Å². The number of halogens is 1. The predicted molar refractivity (Wildman–Crippen MR) is 94.0 cm³/mol. The summed E-state index contributed by atoms with van der Waals surface area (Å²) in [7, 11) is 0. The summed E-state index contributed by atoms with van der Waals surface area (Å²) in [5.74, 6) is -0.454. The molecule has 1 aromatic heterocycles. The summed E-state index contributed by atoms with van der Waals surface area (Å²) in [5, 5.41) is 9.02. The van der Waals surface area contributed by atoms with Crippen molar-refractivity contribution in [3.8, 4) is 0 Å². The number of nitrogens with zero attached hydrogens (tertiary/aromatic N) is 1. The number of hydrogen-bond donors (Lipinski definition) is 2. The number of hydrogen-bond acceptors (Lipinski definition) is 4. The lowest BCUT2D eigenvalue weighted by Crippen LogP contribution is -2.22. The van der Waals surface area contributed by atoms with Crippen LogP contribution >= 0.6 is 22.9 Å². The highest BCUT2D eigenvalue weighted by Crippen LogP contribution is 2.20. The van der Waals surface area contributed by atoms with Gasteiger partial charge in [0.1, 0.15) is 0 Å². The monoisotopic (exact) mass is 349 g/mol. The van der Waals surface area contributed by atoms with Crippen molar-refractivity contribution in [2.24, 2.45) is 5.10 Å². The van der Waals surface area contributed by atoms with Crippen molar-refractivity contribution in [2.45, 2.75) is 19.8 Å². The average Bonchev–Trinajstić information content (AvgIpc) is 3.00. The van der Waals surface area contributed by atoms with E-state index in [0.717, 1.165) is 4.88 Å². The Kier molecular flexibility index (Phi) is 6.31. The third kappa shape index (κ3) is 5.84. The molecule has 1 heterocycles. The molecule has 0 saturated heterocycles. The number of thiophene rings is 1. The van der Waals surface area contributed by atoms with Gasteiger partial charge in [-0.2, -0.15) is 5.10 Å². The average molecular weight is 350 g/mol. The number of carbonyl (C=O) groups excluding carboxylic acids is 2. The minimum atomic E-state index is -0.244. The van der Waals surface area contributed by atoms with Gasteiger partial charge in [0.15, 0.2) is 0 Å². The Morgan fingerprint density at radius 1 is 1.17 bits per heavy atom. The molecule has 0 saturated carbocycles. The molecule has 0 unspecified atom stereocenters. The molecule has 0 aliphatic rings. The Labute approximate surface area is 143 Å². The first-order chi connectivity index (χ1) is 11.0. The highest BCUT2D eigenvalue weighted by molar-refractivity contribution is 7.10. The maximum absolute atomic E-state index is 11.9. The molecule has 23 heavy (non-hydrogen) atoms. The van der Waals surface area contributed by atoms with E-state index in [4.69, 9.17) is 11.6 Å². The first-order valence-corrected chi connectivity index (χ1v) is 8.19. The first-order valence-electron chi connectivity index (χ1n) is 6.93. The van der Waals surface area contributed by atoms with Gasteiger partial charge in [0, 0.05) is 10.6 Å². The highest BCUT2D eigenvalue weighted by Gasteiger charge is 2.08. The predicted octanol–water partition coefficient (Wildman–Crippen LogP) is 3.46. The van der Waals surface area contributed by atoms with Crippen molar-refractivity contribution < 1.29 is 9.59 Å². The molecular formula is C16H16ClN3O2S. The number of nitrogens with one attached hydrogen (secondary N) is 2. The maximum atomic E-state index is 11.9. The molecule has 2 aromatic rings. The molecule has 5 nitrogen and oxygen atoms in total. The smallest absolute Gasteiger partial charge is 0.245 e. The van der Waals surface area contributed by atoms with E-state index in [1.807, 2.05) is 17.5 Å². The van der Waals surface area contributed by atoms with Crippen LogP contribution in [0.4, 0.5) is 5.69 Å². The minimum absolute atomic E-state index is 0.0739. The zero-order valence-corrected chi connectivity index (χ0v) is 14.1. The number of para-hydroxylation sites is 1. The van der Waals surface area contributed by atoms with Gasteiger partial charge in [-0.1, -0.05) is 29.8 Å². The van der Waals surface area contributed by atoms with Crippen LogP contribution in [0, 0.1) is 0 Å². The first kappa shape index (κ1) is 17.2. The Morgan fingerprint density at radius 2 is 1.96 bits per heavy atom. The van der Waals surface area contributed by atoms with Gasteiger partial charge < -0.3 is 5.32 Å². The van der Waals surface area contributed by atoms with E-state index in [-0.39, 0.29) is 24.7 Å². The summed E-state index contributed by atoms with van der Waals surface area (Å²) < 4.78 is 0. The van der Waals surface area contributed by atoms with E-state index < -0.39 is 0 Å². The fraction of sp³-hybridized carbons (Fsp3) is 0.188. The molecule has 2 N–H and O–H groups in total. The Balaban J connectivity index is 1.81. The third-order valence-electron chi connectivity index (χ3n) is 2.85. The molecule has 2 amide bonds.